The summed E-state index contributed by atoms with van der Waals surface area (Å²) in [5, 5.41) is 3.31. The maximum absolute atomic E-state index is 13.3. The molecular weight excluding hydrogens is 491 g/mol. The van der Waals surface area contributed by atoms with E-state index in [1.807, 2.05) is 43.3 Å². The van der Waals surface area contributed by atoms with Crippen molar-refractivity contribution in [2.75, 3.05) is 13.7 Å². The van der Waals surface area contributed by atoms with Crippen molar-refractivity contribution in [2.24, 2.45) is 4.99 Å². The molecule has 1 aliphatic rings. The molecule has 0 atom stereocenters. The van der Waals surface area contributed by atoms with E-state index >= 15 is 0 Å². The van der Waals surface area contributed by atoms with E-state index in [4.69, 9.17) is 14.2 Å². The Bertz CT molecular complexity index is 1340. The topological polar surface area (TPSA) is 69.2 Å². The van der Waals surface area contributed by atoms with E-state index in [1.54, 1.807) is 31.4 Å². The third-order valence-corrected chi connectivity index (χ3v) is 6.28. The Morgan fingerprint density at radius 2 is 1.84 bits per heavy atom. The zero-order valence-electron chi connectivity index (χ0n) is 20.6. The molecule has 37 heavy (non-hydrogen) atoms. The predicted octanol–water partition coefficient (Wildman–Crippen LogP) is 6.43. The monoisotopic (exact) mass is 518 g/mol. The molecule has 8 heteroatoms. The molecule has 1 amide bonds. The molecule has 3 aromatic rings. The van der Waals surface area contributed by atoms with Crippen molar-refractivity contribution < 1.29 is 23.4 Å². The van der Waals surface area contributed by atoms with Crippen LogP contribution in [0.4, 0.5) is 10.1 Å². The first-order valence-electron chi connectivity index (χ1n) is 11.7. The highest BCUT2D eigenvalue weighted by Crippen LogP contribution is 2.37. The number of carbonyl (C=O) groups excluding carboxylic acids is 1. The number of halogens is 1. The van der Waals surface area contributed by atoms with E-state index in [0.29, 0.717) is 40.3 Å². The van der Waals surface area contributed by atoms with Crippen LogP contribution < -0.4 is 19.5 Å². The number of carbonyl (C=O) groups is 1. The number of rotatable bonds is 10. The number of nitrogens with zero attached hydrogens (tertiary/aromatic N) is 1. The first-order chi connectivity index (χ1) is 18.0. The summed E-state index contributed by atoms with van der Waals surface area (Å²) in [4.78, 5) is 17.7. The summed E-state index contributed by atoms with van der Waals surface area (Å²) in [5.41, 5.74) is 3.20. The van der Waals surface area contributed by atoms with Gasteiger partial charge >= 0.3 is 0 Å². The summed E-state index contributed by atoms with van der Waals surface area (Å²) < 4.78 is 30.4. The maximum atomic E-state index is 13.3. The Labute approximate surface area is 219 Å². The zero-order valence-corrected chi connectivity index (χ0v) is 21.4. The number of ether oxygens (including phenoxy) is 3. The highest BCUT2D eigenvalue weighted by Gasteiger charge is 2.24. The maximum Gasteiger partial charge on any atom is 0.264 e. The number of benzene rings is 3. The number of hydrogen-bond donors (Lipinski definition) is 1. The Morgan fingerprint density at radius 3 is 2.51 bits per heavy atom. The highest BCUT2D eigenvalue weighted by atomic mass is 32.2. The van der Waals surface area contributed by atoms with Crippen LogP contribution >= 0.6 is 11.8 Å². The molecule has 0 spiro atoms. The van der Waals surface area contributed by atoms with Gasteiger partial charge in [-0.15, -0.1) is 6.58 Å². The largest absolute Gasteiger partial charge is 0.497 e. The van der Waals surface area contributed by atoms with Crippen LogP contribution in [0.1, 0.15) is 23.6 Å². The number of amides is 1. The number of nitrogens with one attached hydrogen (secondary N) is 1. The second-order valence-electron chi connectivity index (χ2n) is 8.03. The third kappa shape index (κ3) is 6.80. The second-order valence-corrected chi connectivity index (χ2v) is 9.06. The number of amidine groups is 1. The highest BCUT2D eigenvalue weighted by molar-refractivity contribution is 8.18. The van der Waals surface area contributed by atoms with Crippen LogP contribution in [0.15, 0.2) is 83.2 Å². The molecule has 0 aromatic heterocycles. The van der Waals surface area contributed by atoms with Gasteiger partial charge in [0.25, 0.3) is 5.91 Å². The Morgan fingerprint density at radius 1 is 1.08 bits per heavy atom. The summed E-state index contributed by atoms with van der Waals surface area (Å²) in [6.07, 6.45) is 4.12. The van der Waals surface area contributed by atoms with E-state index < -0.39 is 0 Å². The molecule has 6 nitrogen and oxygen atoms in total. The average Bonchev–Trinajstić information content (AvgIpc) is 3.23. The lowest BCUT2D eigenvalue weighted by Crippen LogP contribution is -2.19. The minimum atomic E-state index is -0.297. The standard InChI is InChI=1S/C29H27FN2O4S/c1-4-6-21-15-20(16-25(35-5-2)27(21)36-18-19-7-9-22(30)10-8-19)17-26-28(33)32-29(37-26)31-23-11-13-24(34-3)14-12-23/h4,7-17H,1,5-6,18H2,2-3H3,(H,31,32,33)/b26-17+. The molecule has 1 fully saturated rings. The number of thioether (sulfide) groups is 1. The second kappa shape index (κ2) is 12.3. The van der Waals surface area contributed by atoms with Gasteiger partial charge in [0.1, 0.15) is 18.2 Å². The normalized spacial score (nSPS) is 15.1. The smallest absolute Gasteiger partial charge is 0.264 e. The van der Waals surface area contributed by atoms with Gasteiger partial charge in [0.05, 0.1) is 24.3 Å². The van der Waals surface area contributed by atoms with Gasteiger partial charge in [-0.2, -0.15) is 0 Å². The zero-order chi connectivity index (χ0) is 26.2. The Hall–Kier alpha value is -4.04. The molecule has 0 bridgehead atoms. The first-order valence-corrected chi connectivity index (χ1v) is 12.5. The van der Waals surface area contributed by atoms with Crippen LogP contribution in [0.5, 0.6) is 17.2 Å². The fourth-order valence-corrected chi connectivity index (χ4v) is 4.48. The van der Waals surface area contributed by atoms with Crippen molar-refractivity contribution in [3.8, 4) is 17.2 Å². The molecule has 1 aliphatic heterocycles. The lowest BCUT2D eigenvalue weighted by molar-refractivity contribution is -0.115. The molecule has 0 radical (unpaired) electrons. The van der Waals surface area contributed by atoms with Gasteiger partial charge in [-0.3, -0.25) is 4.79 Å². The third-order valence-electron chi connectivity index (χ3n) is 5.37. The lowest BCUT2D eigenvalue weighted by atomic mass is 10.0. The van der Waals surface area contributed by atoms with Crippen LogP contribution in [0, 0.1) is 5.82 Å². The van der Waals surface area contributed by atoms with E-state index in [9.17, 15) is 9.18 Å². The molecule has 4 rings (SSSR count). The summed E-state index contributed by atoms with van der Waals surface area (Å²) in [5.74, 6) is 1.37. The van der Waals surface area contributed by atoms with Crippen LogP contribution in [0.3, 0.4) is 0 Å². The minimum absolute atomic E-state index is 0.225. The van der Waals surface area contributed by atoms with Crippen molar-refractivity contribution in [1.82, 2.24) is 5.32 Å². The van der Waals surface area contributed by atoms with Gasteiger partial charge in [-0.05, 0) is 90.8 Å². The van der Waals surface area contributed by atoms with Crippen molar-refractivity contribution in [2.45, 2.75) is 20.0 Å². The van der Waals surface area contributed by atoms with Crippen LogP contribution in [-0.2, 0) is 17.8 Å². The number of hydrogen-bond acceptors (Lipinski definition) is 6. The van der Waals surface area contributed by atoms with Gasteiger partial charge in [0.15, 0.2) is 16.7 Å². The van der Waals surface area contributed by atoms with Crippen molar-refractivity contribution in [3.05, 3.63) is 101 Å². The van der Waals surface area contributed by atoms with Gasteiger partial charge < -0.3 is 19.5 Å². The molecular formula is C29H27FN2O4S. The molecule has 190 valence electrons. The summed E-state index contributed by atoms with van der Waals surface area (Å²) in [7, 11) is 1.60. The molecule has 1 heterocycles. The molecule has 0 aliphatic carbocycles. The summed E-state index contributed by atoms with van der Waals surface area (Å²) in [6.45, 7) is 6.45. The van der Waals surface area contributed by atoms with Crippen molar-refractivity contribution >= 4 is 34.6 Å². The molecule has 3 aromatic carbocycles. The Kier molecular flexibility index (Phi) is 8.64. The van der Waals surface area contributed by atoms with Crippen molar-refractivity contribution in [1.29, 1.82) is 0 Å². The van der Waals surface area contributed by atoms with Crippen LogP contribution in [0.25, 0.3) is 6.08 Å². The van der Waals surface area contributed by atoms with Gasteiger partial charge in [0.2, 0.25) is 0 Å². The molecule has 0 saturated carbocycles. The summed E-state index contributed by atoms with van der Waals surface area (Å²) in [6, 6.07) is 17.2. The predicted molar refractivity (Wildman–Crippen MR) is 146 cm³/mol. The SMILES string of the molecule is C=CCc1cc(/C=C2/SC(=Nc3ccc(OC)cc3)NC2=O)cc(OCC)c1OCc1ccc(F)cc1. The van der Waals surface area contributed by atoms with E-state index in [2.05, 4.69) is 16.9 Å². The fraction of sp³-hybridized carbons (Fsp3) is 0.172. The Balaban J connectivity index is 1.59. The first kappa shape index (κ1) is 26.0. The average molecular weight is 519 g/mol. The van der Waals surface area contributed by atoms with E-state index in [0.717, 1.165) is 22.4 Å². The number of methoxy groups -OCH3 is 1. The fourth-order valence-electron chi connectivity index (χ4n) is 3.64. The van der Waals surface area contributed by atoms with Crippen molar-refractivity contribution in [3.63, 3.8) is 0 Å². The number of allylic oxidation sites excluding steroid dienone is 1. The number of aliphatic imine (C=N–C) groups is 1. The molecule has 1 N–H and O–H groups in total. The molecule has 0 unspecified atom stereocenters. The van der Waals surface area contributed by atoms with Gasteiger partial charge in [-0.1, -0.05) is 18.2 Å². The van der Waals surface area contributed by atoms with E-state index in [-0.39, 0.29) is 18.3 Å². The van der Waals surface area contributed by atoms with E-state index in [1.165, 1.54) is 23.9 Å². The molecule has 1 saturated heterocycles. The van der Waals surface area contributed by atoms with Gasteiger partial charge in [0, 0.05) is 5.56 Å². The van der Waals surface area contributed by atoms with Gasteiger partial charge in [-0.25, -0.2) is 9.38 Å². The quantitative estimate of drug-likeness (QED) is 0.247. The summed E-state index contributed by atoms with van der Waals surface area (Å²) >= 11 is 1.27. The minimum Gasteiger partial charge on any atom is -0.497 e. The lowest BCUT2D eigenvalue weighted by Gasteiger charge is -2.17. The van der Waals surface area contributed by atoms with Crippen LogP contribution in [0.2, 0.25) is 0 Å². The van der Waals surface area contributed by atoms with Crippen LogP contribution in [-0.4, -0.2) is 24.8 Å².